The number of aryl methyl sites for hydroxylation is 1. The van der Waals surface area contributed by atoms with Crippen molar-refractivity contribution in [3.8, 4) is 0 Å². The number of rotatable bonds is 9. The van der Waals surface area contributed by atoms with E-state index < -0.39 is 0 Å². The van der Waals surface area contributed by atoms with E-state index in [9.17, 15) is 0 Å². The summed E-state index contributed by atoms with van der Waals surface area (Å²) in [5, 5.41) is 3.65. The Labute approximate surface area is 112 Å². The predicted octanol–water partition coefficient (Wildman–Crippen LogP) is 4.18. The van der Waals surface area contributed by atoms with E-state index in [-0.39, 0.29) is 0 Å². The predicted molar refractivity (Wildman–Crippen MR) is 78.8 cm³/mol. The highest BCUT2D eigenvalue weighted by Crippen LogP contribution is 2.34. The van der Waals surface area contributed by atoms with Gasteiger partial charge in [-0.25, -0.2) is 0 Å². The highest BCUT2D eigenvalue weighted by Gasteiger charge is 2.29. The van der Waals surface area contributed by atoms with Gasteiger partial charge in [0.2, 0.25) is 0 Å². The molecule has 1 aliphatic rings. The molecule has 1 aliphatic carbocycles. The minimum atomic E-state index is 0.812. The smallest absolute Gasteiger partial charge is 0.00952 e. The van der Waals surface area contributed by atoms with E-state index in [1.165, 1.54) is 50.5 Å². The van der Waals surface area contributed by atoms with Crippen LogP contribution < -0.4 is 5.32 Å². The van der Waals surface area contributed by atoms with Gasteiger partial charge in [-0.05, 0) is 50.1 Å². The number of nitrogens with one attached hydrogen (secondary N) is 1. The van der Waals surface area contributed by atoms with Gasteiger partial charge in [0.15, 0.2) is 0 Å². The Morgan fingerprint density at radius 2 is 1.89 bits per heavy atom. The Bertz CT molecular complexity index is 316. The van der Waals surface area contributed by atoms with Crippen molar-refractivity contribution in [3.63, 3.8) is 0 Å². The van der Waals surface area contributed by atoms with E-state index in [2.05, 4.69) is 42.6 Å². The van der Waals surface area contributed by atoms with E-state index in [4.69, 9.17) is 0 Å². The molecule has 0 amide bonds. The first-order valence-corrected chi connectivity index (χ1v) is 7.67. The van der Waals surface area contributed by atoms with Crippen LogP contribution in [0.25, 0.3) is 0 Å². The molecule has 1 heteroatoms. The Balaban J connectivity index is 1.55. The van der Waals surface area contributed by atoms with Gasteiger partial charge >= 0.3 is 0 Å². The fourth-order valence-corrected chi connectivity index (χ4v) is 2.78. The van der Waals surface area contributed by atoms with Crippen LogP contribution in [-0.4, -0.2) is 12.6 Å². The number of hydrogen-bond acceptors (Lipinski definition) is 1. The van der Waals surface area contributed by atoms with Gasteiger partial charge in [0.25, 0.3) is 0 Å². The van der Waals surface area contributed by atoms with Gasteiger partial charge < -0.3 is 5.32 Å². The van der Waals surface area contributed by atoms with Crippen molar-refractivity contribution in [2.45, 2.75) is 57.9 Å². The van der Waals surface area contributed by atoms with Gasteiger partial charge in [0.05, 0.1) is 0 Å². The average molecular weight is 245 g/mol. The molecule has 1 saturated carbocycles. The molecule has 0 aliphatic heterocycles. The van der Waals surface area contributed by atoms with Crippen LogP contribution in [0.15, 0.2) is 30.3 Å². The largest absolute Gasteiger partial charge is 0.314 e. The second-order valence-corrected chi connectivity index (χ2v) is 5.59. The minimum absolute atomic E-state index is 0.812. The molecule has 0 spiro atoms. The topological polar surface area (TPSA) is 12.0 Å². The lowest BCUT2D eigenvalue weighted by molar-refractivity contribution is 0.425. The first-order chi connectivity index (χ1) is 8.90. The van der Waals surface area contributed by atoms with Gasteiger partial charge in [0, 0.05) is 6.04 Å². The standard InChI is InChI=1S/C17H27N/c1-2-18-17(16-13-14-16)12-8-4-7-11-15-9-5-3-6-10-15/h3,5-6,9-10,16-18H,2,4,7-8,11-14H2,1H3. The normalized spacial score (nSPS) is 16.7. The van der Waals surface area contributed by atoms with E-state index in [1.54, 1.807) is 0 Å². The Morgan fingerprint density at radius 3 is 2.56 bits per heavy atom. The fourth-order valence-electron chi connectivity index (χ4n) is 2.78. The van der Waals surface area contributed by atoms with Crippen LogP contribution in [0, 0.1) is 5.92 Å². The molecular weight excluding hydrogens is 218 g/mol. The minimum Gasteiger partial charge on any atom is -0.314 e. The monoisotopic (exact) mass is 245 g/mol. The van der Waals surface area contributed by atoms with Gasteiger partial charge in [0.1, 0.15) is 0 Å². The third-order valence-corrected chi connectivity index (χ3v) is 3.98. The molecule has 100 valence electrons. The van der Waals surface area contributed by atoms with Crippen LogP contribution in [0.3, 0.4) is 0 Å². The SMILES string of the molecule is CCNC(CCCCCc1ccccc1)C1CC1. The van der Waals surface area contributed by atoms with Crippen LogP contribution in [0.1, 0.15) is 51.0 Å². The molecule has 0 bridgehead atoms. The summed E-state index contributed by atoms with van der Waals surface area (Å²) in [7, 11) is 0. The first kappa shape index (κ1) is 13.6. The van der Waals surface area contributed by atoms with E-state index in [0.717, 1.165) is 18.5 Å². The van der Waals surface area contributed by atoms with Gasteiger partial charge in [-0.3, -0.25) is 0 Å². The zero-order valence-corrected chi connectivity index (χ0v) is 11.7. The van der Waals surface area contributed by atoms with Crippen LogP contribution >= 0.6 is 0 Å². The van der Waals surface area contributed by atoms with Crippen LogP contribution in [0.4, 0.5) is 0 Å². The molecule has 1 unspecified atom stereocenters. The second-order valence-electron chi connectivity index (χ2n) is 5.59. The molecule has 1 nitrogen and oxygen atoms in total. The summed E-state index contributed by atoms with van der Waals surface area (Å²) in [5.74, 6) is 0.999. The van der Waals surface area contributed by atoms with Crippen molar-refractivity contribution in [2.75, 3.05) is 6.54 Å². The van der Waals surface area contributed by atoms with Crippen LogP contribution in [0.2, 0.25) is 0 Å². The summed E-state index contributed by atoms with van der Waals surface area (Å²) in [5.41, 5.74) is 1.49. The maximum absolute atomic E-state index is 3.65. The van der Waals surface area contributed by atoms with Crippen LogP contribution in [-0.2, 0) is 6.42 Å². The Hall–Kier alpha value is -0.820. The van der Waals surface area contributed by atoms with Gasteiger partial charge in [-0.15, -0.1) is 0 Å². The van der Waals surface area contributed by atoms with Crippen molar-refractivity contribution < 1.29 is 0 Å². The molecule has 0 saturated heterocycles. The molecule has 0 aromatic heterocycles. The third-order valence-electron chi connectivity index (χ3n) is 3.98. The number of unbranched alkanes of at least 4 members (excludes halogenated alkanes) is 2. The molecule has 0 radical (unpaired) electrons. The fraction of sp³-hybridized carbons (Fsp3) is 0.647. The highest BCUT2D eigenvalue weighted by atomic mass is 14.9. The molecule has 18 heavy (non-hydrogen) atoms. The van der Waals surface area contributed by atoms with E-state index >= 15 is 0 Å². The highest BCUT2D eigenvalue weighted by molar-refractivity contribution is 5.14. The molecule has 1 fully saturated rings. The number of benzene rings is 1. The molecule has 1 atom stereocenters. The lowest BCUT2D eigenvalue weighted by Crippen LogP contribution is -2.30. The molecule has 1 aromatic rings. The lowest BCUT2D eigenvalue weighted by atomic mass is 10.0. The van der Waals surface area contributed by atoms with Crippen molar-refractivity contribution in [3.05, 3.63) is 35.9 Å². The Kier molecular flexibility index (Phi) is 5.73. The zero-order chi connectivity index (χ0) is 12.6. The summed E-state index contributed by atoms with van der Waals surface area (Å²) >= 11 is 0. The average Bonchev–Trinajstić information content (AvgIpc) is 3.23. The summed E-state index contributed by atoms with van der Waals surface area (Å²) < 4.78 is 0. The number of hydrogen-bond donors (Lipinski definition) is 1. The summed E-state index contributed by atoms with van der Waals surface area (Å²) in [6, 6.07) is 11.7. The van der Waals surface area contributed by atoms with Crippen molar-refractivity contribution >= 4 is 0 Å². The van der Waals surface area contributed by atoms with Crippen molar-refractivity contribution in [2.24, 2.45) is 5.92 Å². The van der Waals surface area contributed by atoms with Crippen molar-refractivity contribution in [1.82, 2.24) is 5.32 Å². The quantitative estimate of drug-likeness (QED) is 0.644. The summed E-state index contributed by atoms with van der Waals surface area (Å²) in [4.78, 5) is 0. The molecule has 0 heterocycles. The molecule has 2 rings (SSSR count). The maximum atomic E-state index is 3.65. The van der Waals surface area contributed by atoms with E-state index in [1.807, 2.05) is 0 Å². The molecular formula is C17H27N. The van der Waals surface area contributed by atoms with Gasteiger partial charge in [-0.1, -0.05) is 50.1 Å². The second kappa shape index (κ2) is 7.58. The van der Waals surface area contributed by atoms with Gasteiger partial charge in [-0.2, -0.15) is 0 Å². The Morgan fingerprint density at radius 1 is 1.11 bits per heavy atom. The molecule has 1 N–H and O–H groups in total. The van der Waals surface area contributed by atoms with Crippen LogP contribution in [0.5, 0.6) is 0 Å². The summed E-state index contributed by atoms with van der Waals surface area (Å²) in [6.07, 6.45) is 9.66. The lowest BCUT2D eigenvalue weighted by Gasteiger charge is -2.16. The zero-order valence-electron chi connectivity index (χ0n) is 11.7. The first-order valence-electron chi connectivity index (χ1n) is 7.67. The molecule has 1 aromatic carbocycles. The third kappa shape index (κ3) is 4.81. The van der Waals surface area contributed by atoms with E-state index in [0.29, 0.717) is 0 Å². The maximum Gasteiger partial charge on any atom is 0.00952 e. The summed E-state index contributed by atoms with van der Waals surface area (Å²) in [6.45, 7) is 3.36. The van der Waals surface area contributed by atoms with Crippen molar-refractivity contribution in [1.29, 1.82) is 0 Å².